The van der Waals surface area contributed by atoms with Gasteiger partial charge in [-0.25, -0.2) is 4.79 Å². The van der Waals surface area contributed by atoms with Crippen molar-refractivity contribution in [3.8, 4) is 0 Å². The van der Waals surface area contributed by atoms with Gasteiger partial charge in [-0.15, -0.1) is 5.11 Å². The number of rotatable bonds is 5. The summed E-state index contributed by atoms with van der Waals surface area (Å²) in [5, 5.41) is 7.41. The fourth-order valence-electron chi connectivity index (χ4n) is 1.38. The Kier molecular flexibility index (Phi) is 4.64. The average molecular weight is 255 g/mol. The molecule has 0 saturated heterocycles. The van der Waals surface area contributed by atoms with Crippen LogP contribution in [0, 0.1) is 0 Å². The Labute approximate surface area is 110 Å². The number of anilines is 1. The van der Waals surface area contributed by atoms with Gasteiger partial charge in [-0.1, -0.05) is 41.6 Å². The number of carbonyl (C=O) groups is 1. The van der Waals surface area contributed by atoms with Crippen molar-refractivity contribution in [1.29, 1.82) is 0 Å². The molecule has 0 aliphatic carbocycles. The third kappa shape index (κ3) is 4.23. The van der Waals surface area contributed by atoms with Crippen molar-refractivity contribution in [1.82, 2.24) is 0 Å². The first-order valence-corrected chi connectivity index (χ1v) is 5.76. The SMILES string of the molecule is O=C(OC/N=N/Nc1ccccc1)c1ccccc1. The lowest BCUT2D eigenvalue weighted by atomic mass is 10.2. The van der Waals surface area contributed by atoms with Gasteiger partial charge in [0.2, 0.25) is 6.73 Å². The number of hydrogen-bond donors (Lipinski definition) is 1. The van der Waals surface area contributed by atoms with Crippen molar-refractivity contribution < 1.29 is 9.53 Å². The highest BCUT2D eigenvalue weighted by atomic mass is 16.5. The zero-order valence-electron chi connectivity index (χ0n) is 10.2. The van der Waals surface area contributed by atoms with E-state index in [9.17, 15) is 4.79 Å². The average Bonchev–Trinajstić information content (AvgIpc) is 2.49. The number of para-hydroxylation sites is 1. The first-order valence-electron chi connectivity index (χ1n) is 5.76. The minimum absolute atomic E-state index is 0.117. The lowest BCUT2D eigenvalue weighted by Gasteiger charge is -2.00. The molecule has 2 aromatic carbocycles. The van der Waals surface area contributed by atoms with Gasteiger partial charge in [0.25, 0.3) is 0 Å². The zero-order valence-corrected chi connectivity index (χ0v) is 10.2. The van der Waals surface area contributed by atoms with Gasteiger partial charge in [-0.2, -0.15) is 0 Å². The summed E-state index contributed by atoms with van der Waals surface area (Å²) in [6.45, 7) is -0.117. The van der Waals surface area contributed by atoms with Gasteiger partial charge in [0.15, 0.2) is 0 Å². The fourth-order valence-corrected chi connectivity index (χ4v) is 1.38. The highest BCUT2D eigenvalue weighted by molar-refractivity contribution is 5.89. The molecule has 0 amide bonds. The molecule has 5 heteroatoms. The van der Waals surface area contributed by atoms with Crippen molar-refractivity contribution in [2.75, 3.05) is 12.2 Å². The van der Waals surface area contributed by atoms with E-state index < -0.39 is 5.97 Å². The summed E-state index contributed by atoms with van der Waals surface area (Å²) < 4.78 is 4.93. The Balaban J connectivity index is 1.73. The fraction of sp³-hybridized carbons (Fsp3) is 0.0714. The van der Waals surface area contributed by atoms with Crippen LogP contribution in [0.1, 0.15) is 10.4 Å². The second-order valence-electron chi connectivity index (χ2n) is 3.65. The van der Waals surface area contributed by atoms with Crippen LogP contribution in [-0.4, -0.2) is 12.7 Å². The Hall–Kier alpha value is -2.69. The normalized spacial score (nSPS) is 10.3. The summed E-state index contributed by atoms with van der Waals surface area (Å²) >= 11 is 0. The van der Waals surface area contributed by atoms with Gasteiger partial charge in [0.05, 0.1) is 11.3 Å². The summed E-state index contributed by atoms with van der Waals surface area (Å²) in [7, 11) is 0. The van der Waals surface area contributed by atoms with Gasteiger partial charge < -0.3 is 4.74 Å². The Morgan fingerprint density at radius 1 is 1.00 bits per heavy atom. The maximum Gasteiger partial charge on any atom is 0.339 e. The van der Waals surface area contributed by atoms with E-state index in [1.165, 1.54) is 0 Å². The van der Waals surface area contributed by atoms with Crippen molar-refractivity contribution in [2.45, 2.75) is 0 Å². The first-order chi connectivity index (χ1) is 9.36. The van der Waals surface area contributed by atoms with Crippen LogP contribution >= 0.6 is 0 Å². The van der Waals surface area contributed by atoms with Gasteiger partial charge in [-0.05, 0) is 24.3 Å². The van der Waals surface area contributed by atoms with Gasteiger partial charge in [-0.3, -0.25) is 5.43 Å². The number of hydrogen-bond acceptors (Lipinski definition) is 4. The molecule has 0 aliphatic rings. The smallest absolute Gasteiger partial charge is 0.339 e. The van der Waals surface area contributed by atoms with Crippen LogP contribution in [0.25, 0.3) is 0 Å². The number of esters is 1. The standard InChI is InChI=1S/C14H13N3O2/c18-14(12-7-3-1-4-8-12)19-11-15-17-16-13-9-5-2-6-10-13/h1-10H,11H2,(H,15,16). The maximum atomic E-state index is 11.5. The summed E-state index contributed by atoms with van der Waals surface area (Å²) in [5.41, 5.74) is 4.04. The van der Waals surface area contributed by atoms with Crippen molar-refractivity contribution >= 4 is 11.7 Å². The molecule has 0 bridgehead atoms. The van der Waals surface area contributed by atoms with Crippen molar-refractivity contribution in [3.05, 3.63) is 66.2 Å². The number of benzene rings is 2. The summed E-state index contributed by atoms with van der Waals surface area (Å²) in [5.74, 6) is -0.417. The predicted molar refractivity (Wildman–Crippen MR) is 71.6 cm³/mol. The van der Waals surface area contributed by atoms with Crippen LogP contribution in [0.5, 0.6) is 0 Å². The number of nitrogens with one attached hydrogen (secondary N) is 1. The third-order valence-electron chi connectivity index (χ3n) is 2.29. The molecule has 5 nitrogen and oxygen atoms in total. The molecule has 96 valence electrons. The number of ether oxygens (including phenoxy) is 1. The van der Waals surface area contributed by atoms with Gasteiger partial charge in [0.1, 0.15) is 0 Å². The largest absolute Gasteiger partial charge is 0.437 e. The molecule has 19 heavy (non-hydrogen) atoms. The molecule has 2 aromatic rings. The third-order valence-corrected chi connectivity index (χ3v) is 2.29. The molecule has 0 saturated carbocycles. The van der Waals surface area contributed by atoms with E-state index in [-0.39, 0.29) is 6.73 Å². The van der Waals surface area contributed by atoms with E-state index in [0.29, 0.717) is 5.56 Å². The lowest BCUT2D eigenvalue weighted by molar-refractivity contribution is 0.0510. The molecule has 0 heterocycles. The molecule has 0 aromatic heterocycles. The zero-order chi connectivity index (χ0) is 13.3. The molecule has 2 rings (SSSR count). The second-order valence-corrected chi connectivity index (χ2v) is 3.65. The van der Waals surface area contributed by atoms with Crippen LogP contribution in [0.15, 0.2) is 71.0 Å². The van der Waals surface area contributed by atoms with E-state index in [4.69, 9.17) is 4.74 Å². The Morgan fingerprint density at radius 3 is 2.32 bits per heavy atom. The highest BCUT2D eigenvalue weighted by Crippen LogP contribution is 2.04. The Bertz CT molecular complexity index is 541. The minimum Gasteiger partial charge on any atom is -0.437 e. The van der Waals surface area contributed by atoms with Gasteiger partial charge >= 0.3 is 5.97 Å². The van der Waals surface area contributed by atoms with Crippen molar-refractivity contribution in [3.63, 3.8) is 0 Å². The maximum absolute atomic E-state index is 11.5. The molecule has 0 aliphatic heterocycles. The predicted octanol–water partition coefficient (Wildman–Crippen LogP) is 3.28. The van der Waals surface area contributed by atoms with E-state index in [1.807, 2.05) is 36.4 Å². The summed E-state index contributed by atoms with van der Waals surface area (Å²) in [6, 6.07) is 18.1. The van der Waals surface area contributed by atoms with Crippen LogP contribution in [-0.2, 0) is 4.74 Å². The Morgan fingerprint density at radius 2 is 1.63 bits per heavy atom. The highest BCUT2D eigenvalue weighted by Gasteiger charge is 2.04. The second kappa shape index (κ2) is 6.90. The summed E-state index contributed by atoms with van der Waals surface area (Å²) in [6.07, 6.45) is 0. The summed E-state index contributed by atoms with van der Waals surface area (Å²) in [4.78, 5) is 11.5. The van der Waals surface area contributed by atoms with Crippen LogP contribution in [0.2, 0.25) is 0 Å². The van der Waals surface area contributed by atoms with Crippen molar-refractivity contribution in [2.24, 2.45) is 10.3 Å². The van der Waals surface area contributed by atoms with E-state index in [0.717, 1.165) is 5.69 Å². The molecular weight excluding hydrogens is 242 g/mol. The molecule has 1 N–H and O–H groups in total. The number of carbonyl (C=O) groups excluding carboxylic acids is 1. The quantitative estimate of drug-likeness (QED) is 0.506. The number of nitrogens with zero attached hydrogens (tertiary/aromatic N) is 2. The monoisotopic (exact) mass is 255 g/mol. The molecule has 0 radical (unpaired) electrons. The molecular formula is C14H13N3O2. The van der Waals surface area contributed by atoms with E-state index in [1.54, 1.807) is 24.3 Å². The van der Waals surface area contributed by atoms with Crippen LogP contribution in [0.4, 0.5) is 5.69 Å². The first kappa shape index (κ1) is 12.8. The van der Waals surface area contributed by atoms with Crippen LogP contribution in [0.3, 0.4) is 0 Å². The molecule has 0 unspecified atom stereocenters. The van der Waals surface area contributed by atoms with Gasteiger partial charge in [0, 0.05) is 0 Å². The minimum atomic E-state index is -0.417. The molecule has 0 fully saturated rings. The lowest BCUT2D eigenvalue weighted by Crippen LogP contribution is -2.04. The van der Waals surface area contributed by atoms with E-state index >= 15 is 0 Å². The molecule has 0 atom stereocenters. The topological polar surface area (TPSA) is 63.0 Å². The van der Waals surface area contributed by atoms with E-state index in [2.05, 4.69) is 15.8 Å². The molecule has 0 spiro atoms. The van der Waals surface area contributed by atoms with Crippen LogP contribution < -0.4 is 5.43 Å².